The molecule has 0 fully saturated rings. The van der Waals surface area contributed by atoms with Crippen molar-refractivity contribution in [3.8, 4) is 0 Å². The predicted octanol–water partition coefficient (Wildman–Crippen LogP) is 3.15. The minimum Gasteiger partial charge on any atom is -0.451 e. The van der Waals surface area contributed by atoms with Crippen molar-refractivity contribution >= 4 is 29.5 Å². The Morgan fingerprint density at radius 2 is 1.57 bits per heavy atom. The van der Waals surface area contributed by atoms with Crippen LogP contribution in [-0.2, 0) is 19.1 Å². The van der Waals surface area contributed by atoms with E-state index in [9.17, 15) is 14.4 Å². The van der Waals surface area contributed by atoms with Crippen molar-refractivity contribution < 1.29 is 19.1 Å². The first kappa shape index (κ1) is 20.9. The van der Waals surface area contributed by atoms with Gasteiger partial charge in [-0.15, -0.1) is 0 Å². The number of hydrogen-bond donors (Lipinski definition) is 1. The first-order valence-corrected chi connectivity index (χ1v) is 8.97. The van der Waals surface area contributed by atoms with E-state index in [4.69, 9.17) is 4.74 Å². The van der Waals surface area contributed by atoms with Gasteiger partial charge in [0.1, 0.15) is 5.70 Å². The van der Waals surface area contributed by atoms with E-state index in [2.05, 4.69) is 5.32 Å². The molecule has 0 radical (unpaired) electrons. The molecule has 6 nitrogen and oxygen atoms in total. The van der Waals surface area contributed by atoms with E-state index in [-0.39, 0.29) is 17.6 Å². The Morgan fingerprint density at radius 1 is 1.00 bits per heavy atom. The molecule has 2 aromatic rings. The van der Waals surface area contributed by atoms with Crippen LogP contribution in [0, 0.1) is 0 Å². The quantitative estimate of drug-likeness (QED) is 0.591. The number of esters is 1. The molecule has 0 aliphatic carbocycles. The zero-order valence-electron chi connectivity index (χ0n) is 16.2. The fourth-order valence-corrected chi connectivity index (χ4v) is 2.64. The van der Waals surface area contributed by atoms with Crippen molar-refractivity contribution in [2.75, 3.05) is 11.5 Å². The van der Waals surface area contributed by atoms with Gasteiger partial charge in [-0.2, -0.15) is 0 Å². The molecule has 1 N–H and O–H groups in total. The van der Waals surface area contributed by atoms with Gasteiger partial charge in [0.05, 0.1) is 0 Å². The van der Waals surface area contributed by atoms with Crippen molar-refractivity contribution in [3.05, 3.63) is 71.9 Å². The van der Waals surface area contributed by atoms with E-state index < -0.39 is 18.5 Å². The van der Waals surface area contributed by atoms with Gasteiger partial charge in [0.2, 0.25) is 5.91 Å². The number of nitrogens with zero attached hydrogens (tertiary/aromatic N) is 1. The molecule has 0 aliphatic rings. The predicted molar refractivity (Wildman–Crippen MR) is 108 cm³/mol. The number of carbonyl (C=O) groups excluding carboxylic acids is 3. The normalized spacial score (nSPS) is 11.1. The first-order valence-electron chi connectivity index (χ1n) is 8.97. The molecule has 0 spiro atoms. The van der Waals surface area contributed by atoms with Crippen molar-refractivity contribution in [1.82, 2.24) is 5.32 Å². The Balaban J connectivity index is 2.11. The van der Waals surface area contributed by atoms with Crippen LogP contribution in [0.2, 0.25) is 0 Å². The summed E-state index contributed by atoms with van der Waals surface area (Å²) in [7, 11) is 0. The molecule has 6 heteroatoms. The second-order valence-electron chi connectivity index (χ2n) is 6.42. The van der Waals surface area contributed by atoms with Gasteiger partial charge < -0.3 is 15.0 Å². The van der Waals surface area contributed by atoms with Crippen LogP contribution in [0.25, 0.3) is 6.08 Å². The first-order chi connectivity index (χ1) is 13.4. The third-order valence-corrected chi connectivity index (χ3v) is 3.79. The fourth-order valence-electron chi connectivity index (χ4n) is 2.64. The minimum atomic E-state index is -0.774. The Hall–Kier alpha value is -3.41. The molecule has 146 valence electrons. The molecule has 2 rings (SSSR count). The summed E-state index contributed by atoms with van der Waals surface area (Å²) in [6.45, 7) is 4.63. The smallest absolute Gasteiger partial charge is 0.355 e. The molecule has 2 aromatic carbocycles. The molecule has 0 saturated carbocycles. The number of ether oxygens (including phenoxy) is 1. The lowest BCUT2D eigenvalue weighted by Crippen LogP contribution is -2.40. The lowest BCUT2D eigenvalue weighted by Gasteiger charge is -2.26. The zero-order chi connectivity index (χ0) is 20.5. The van der Waals surface area contributed by atoms with E-state index in [1.807, 2.05) is 62.4 Å². The molecule has 0 heterocycles. The second kappa shape index (κ2) is 10.1. The number of anilines is 1. The van der Waals surface area contributed by atoms with Crippen LogP contribution in [0.1, 0.15) is 26.3 Å². The highest BCUT2D eigenvalue weighted by molar-refractivity contribution is 6.00. The Morgan fingerprint density at radius 3 is 2.11 bits per heavy atom. The SMILES string of the molecule is CC(=O)N/C(=C\c1ccccc1)C(=O)OCC(=O)N(c1ccccc1)C(C)C. The van der Waals surface area contributed by atoms with Crippen LogP contribution in [0.15, 0.2) is 66.4 Å². The van der Waals surface area contributed by atoms with Gasteiger partial charge in [-0.05, 0) is 37.6 Å². The highest BCUT2D eigenvalue weighted by Gasteiger charge is 2.21. The van der Waals surface area contributed by atoms with Crippen molar-refractivity contribution in [2.24, 2.45) is 0 Å². The van der Waals surface area contributed by atoms with Gasteiger partial charge in [0.15, 0.2) is 6.61 Å². The Bertz CT molecular complexity index is 845. The lowest BCUT2D eigenvalue weighted by atomic mass is 10.2. The summed E-state index contributed by atoms with van der Waals surface area (Å²) >= 11 is 0. The summed E-state index contributed by atoms with van der Waals surface area (Å²) in [4.78, 5) is 38.1. The average molecular weight is 380 g/mol. The summed E-state index contributed by atoms with van der Waals surface area (Å²) in [6, 6.07) is 18.1. The van der Waals surface area contributed by atoms with Gasteiger partial charge in [-0.25, -0.2) is 4.79 Å². The summed E-state index contributed by atoms with van der Waals surface area (Å²) in [5, 5.41) is 2.46. The molecule has 0 saturated heterocycles. The fraction of sp³-hybridized carbons (Fsp3) is 0.227. The lowest BCUT2D eigenvalue weighted by molar-refractivity contribution is -0.144. The largest absolute Gasteiger partial charge is 0.451 e. The zero-order valence-corrected chi connectivity index (χ0v) is 16.2. The van der Waals surface area contributed by atoms with E-state index in [1.54, 1.807) is 17.0 Å². The van der Waals surface area contributed by atoms with Crippen LogP contribution in [0.5, 0.6) is 0 Å². The Labute approximate surface area is 164 Å². The summed E-state index contributed by atoms with van der Waals surface area (Å²) in [5.41, 5.74) is 1.42. The summed E-state index contributed by atoms with van der Waals surface area (Å²) < 4.78 is 5.18. The molecule has 0 aromatic heterocycles. The van der Waals surface area contributed by atoms with Gasteiger partial charge in [-0.3, -0.25) is 9.59 Å². The molecular weight excluding hydrogens is 356 g/mol. The molecule has 0 unspecified atom stereocenters. The summed E-state index contributed by atoms with van der Waals surface area (Å²) in [6.07, 6.45) is 1.51. The van der Waals surface area contributed by atoms with Crippen molar-refractivity contribution in [1.29, 1.82) is 0 Å². The van der Waals surface area contributed by atoms with Gasteiger partial charge >= 0.3 is 5.97 Å². The van der Waals surface area contributed by atoms with Crippen molar-refractivity contribution in [3.63, 3.8) is 0 Å². The number of amides is 2. The monoisotopic (exact) mass is 380 g/mol. The van der Waals surface area contributed by atoms with Crippen LogP contribution in [0.4, 0.5) is 5.69 Å². The maximum absolute atomic E-state index is 12.6. The highest BCUT2D eigenvalue weighted by Crippen LogP contribution is 2.17. The number of para-hydroxylation sites is 1. The number of benzene rings is 2. The molecule has 0 bridgehead atoms. The second-order valence-corrected chi connectivity index (χ2v) is 6.42. The van der Waals surface area contributed by atoms with E-state index in [1.165, 1.54) is 13.0 Å². The topological polar surface area (TPSA) is 75.7 Å². The molecular formula is C22H24N2O4. The number of carbonyl (C=O) groups is 3. The standard InChI is InChI=1S/C22H24N2O4/c1-16(2)24(19-12-8-5-9-13-19)21(26)15-28-22(27)20(23-17(3)25)14-18-10-6-4-7-11-18/h4-14,16H,15H2,1-3H3,(H,23,25)/b20-14-. The van der Waals surface area contributed by atoms with Gasteiger partial charge in [0.25, 0.3) is 5.91 Å². The summed E-state index contributed by atoms with van der Waals surface area (Å²) in [5.74, 6) is -1.53. The van der Waals surface area contributed by atoms with Gasteiger partial charge in [-0.1, -0.05) is 48.5 Å². The third-order valence-electron chi connectivity index (χ3n) is 3.79. The molecule has 0 atom stereocenters. The molecule has 0 aliphatic heterocycles. The maximum Gasteiger partial charge on any atom is 0.355 e. The highest BCUT2D eigenvalue weighted by atomic mass is 16.5. The molecule has 28 heavy (non-hydrogen) atoms. The minimum absolute atomic E-state index is 0.0256. The van der Waals surface area contributed by atoms with E-state index in [0.717, 1.165) is 11.3 Å². The average Bonchev–Trinajstić information content (AvgIpc) is 2.67. The van der Waals surface area contributed by atoms with E-state index >= 15 is 0 Å². The third kappa shape index (κ3) is 6.09. The van der Waals surface area contributed by atoms with E-state index in [0.29, 0.717) is 0 Å². The van der Waals surface area contributed by atoms with Crippen LogP contribution in [0.3, 0.4) is 0 Å². The van der Waals surface area contributed by atoms with Gasteiger partial charge in [0, 0.05) is 18.7 Å². The Kier molecular flexibility index (Phi) is 7.51. The number of nitrogens with one attached hydrogen (secondary N) is 1. The van der Waals surface area contributed by atoms with Crippen LogP contribution >= 0.6 is 0 Å². The molecule has 2 amide bonds. The number of rotatable bonds is 7. The maximum atomic E-state index is 12.6. The van der Waals surface area contributed by atoms with Crippen molar-refractivity contribution in [2.45, 2.75) is 26.8 Å². The van der Waals surface area contributed by atoms with Crippen LogP contribution in [-0.4, -0.2) is 30.4 Å². The van der Waals surface area contributed by atoms with Crippen LogP contribution < -0.4 is 10.2 Å². The number of hydrogen-bond acceptors (Lipinski definition) is 4.